The lowest BCUT2D eigenvalue weighted by atomic mass is 10.2. The van der Waals surface area contributed by atoms with Crippen LogP contribution in [0.4, 0.5) is 5.69 Å². The number of nitrogens with one attached hydrogen (secondary N) is 1. The van der Waals surface area contributed by atoms with Crippen LogP contribution < -0.4 is 5.32 Å². The van der Waals surface area contributed by atoms with Gasteiger partial charge >= 0.3 is 0 Å². The highest BCUT2D eigenvalue weighted by Gasteiger charge is 2.02. The number of halogens is 1. The van der Waals surface area contributed by atoms with Crippen molar-refractivity contribution in [3.63, 3.8) is 0 Å². The van der Waals surface area contributed by atoms with E-state index in [1.165, 1.54) is 4.88 Å². The minimum atomic E-state index is 0.789. The van der Waals surface area contributed by atoms with E-state index in [0.717, 1.165) is 22.4 Å². The Morgan fingerprint density at radius 3 is 3.00 bits per heavy atom. The first kappa shape index (κ1) is 12.3. The summed E-state index contributed by atoms with van der Waals surface area (Å²) in [6.07, 6.45) is 1.58. The van der Waals surface area contributed by atoms with Gasteiger partial charge in [0.25, 0.3) is 0 Å². The molecular weight excluding hydrogens is 326 g/mol. The van der Waals surface area contributed by atoms with Crippen LogP contribution in [0.15, 0.2) is 46.5 Å². The molecule has 0 atom stereocenters. The van der Waals surface area contributed by atoms with Crippen molar-refractivity contribution in [2.75, 3.05) is 5.32 Å². The van der Waals surface area contributed by atoms with Gasteiger partial charge in [0.1, 0.15) is 6.33 Å². The molecule has 2 heterocycles. The second-order valence-corrected chi connectivity index (χ2v) is 5.70. The molecule has 96 valence electrons. The molecule has 3 aromatic rings. The first-order valence-electron chi connectivity index (χ1n) is 5.62. The van der Waals surface area contributed by atoms with Crippen LogP contribution in [-0.2, 0) is 6.54 Å². The van der Waals surface area contributed by atoms with Gasteiger partial charge in [0.15, 0.2) is 0 Å². The topological polar surface area (TPSA) is 55.6 Å². The molecule has 1 aromatic carbocycles. The molecule has 2 aromatic heterocycles. The fraction of sp³-hybridized carbons (Fsp3) is 0.0833. The number of hydrogen-bond donors (Lipinski definition) is 1. The maximum atomic E-state index is 3.87. The molecule has 3 rings (SSSR count). The Morgan fingerprint density at radius 1 is 1.32 bits per heavy atom. The Balaban J connectivity index is 1.75. The SMILES string of the molecule is Brc1ccsc1CNc1cccc(-n2cnnn2)c1. The molecule has 0 saturated carbocycles. The molecular formula is C12H10BrN5S. The number of aromatic nitrogens is 4. The van der Waals surface area contributed by atoms with Crippen molar-refractivity contribution in [1.29, 1.82) is 0 Å². The number of anilines is 1. The van der Waals surface area contributed by atoms with E-state index in [-0.39, 0.29) is 0 Å². The Labute approximate surface area is 122 Å². The standard InChI is InChI=1S/C12H10BrN5S/c13-11-4-5-19-12(11)7-14-9-2-1-3-10(6-9)18-8-15-16-17-18/h1-6,8,14H,7H2. The fourth-order valence-electron chi connectivity index (χ4n) is 1.67. The molecule has 0 aliphatic carbocycles. The summed E-state index contributed by atoms with van der Waals surface area (Å²) in [7, 11) is 0. The molecule has 0 aliphatic heterocycles. The Kier molecular flexibility index (Phi) is 3.56. The number of hydrogen-bond acceptors (Lipinski definition) is 5. The molecule has 7 heteroatoms. The number of nitrogens with zero attached hydrogens (tertiary/aromatic N) is 4. The lowest BCUT2D eigenvalue weighted by Crippen LogP contribution is -2.00. The van der Waals surface area contributed by atoms with Crippen molar-refractivity contribution >= 4 is 33.0 Å². The summed E-state index contributed by atoms with van der Waals surface area (Å²) >= 11 is 5.25. The van der Waals surface area contributed by atoms with Crippen molar-refractivity contribution in [2.45, 2.75) is 6.54 Å². The predicted molar refractivity (Wildman–Crippen MR) is 78.5 cm³/mol. The molecule has 19 heavy (non-hydrogen) atoms. The zero-order chi connectivity index (χ0) is 13.1. The minimum absolute atomic E-state index is 0.789. The lowest BCUT2D eigenvalue weighted by molar-refractivity contribution is 0.789. The molecule has 0 fully saturated rings. The third-order valence-electron chi connectivity index (χ3n) is 2.60. The summed E-state index contributed by atoms with van der Waals surface area (Å²) in [4.78, 5) is 1.27. The minimum Gasteiger partial charge on any atom is -0.380 e. The Hall–Kier alpha value is -1.73. The summed E-state index contributed by atoms with van der Waals surface area (Å²) in [6, 6.07) is 10.0. The van der Waals surface area contributed by atoms with Gasteiger partial charge in [-0.05, 0) is 56.0 Å². The zero-order valence-electron chi connectivity index (χ0n) is 9.82. The number of rotatable bonds is 4. The van der Waals surface area contributed by atoms with Crippen LogP contribution >= 0.6 is 27.3 Å². The largest absolute Gasteiger partial charge is 0.380 e. The van der Waals surface area contributed by atoms with E-state index >= 15 is 0 Å². The van der Waals surface area contributed by atoms with Gasteiger partial charge in [0.2, 0.25) is 0 Å². The van der Waals surface area contributed by atoms with Crippen molar-refractivity contribution < 1.29 is 0 Å². The maximum absolute atomic E-state index is 3.87. The summed E-state index contributed by atoms with van der Waals surface area (Å²) in [6.45, 7) is 0.789. The van der Waals surface area contributed by atoms with Crippen LogP contribution in [0.1, 0.15) is 4.88 Å². The maximum Gasteiger partial charge on any atom is 0.143 e. The van der Waals surface area contributed by atoms with Crippen LogP contribution in [0.3, 0.4) is 0 Å². The lowest BCUT2D eigenvalue weighted by Gasteiger charge is -2.07. The fourth-order valence-corrected chi connectivity index (χ4v) is 3.10. The quantitative estimate of drug-likeness (QED) is 0.795. The van der Waals surface area contributed by atoms with Gasteiger partial charge in [0, 0.05) is 15.0 Å². The summed E-state index contributed by atoms with van der Waals surface area (Å²) < 4.78 is 2.77. The van der Waals surface area contributed by atoms with Gasteiger partial charge in [-0.1, -0.05) is 6.07 Å². The first-order chi connectivity index (χ1) is 9.33. The van der Waals surface area contributed by atoms with E-state index in [4.69, 9.17) is 0 Å². The zero-order valence-corrected chi connectivity index (χ0v) is 12.2. The van der Waals surface area contributed by atoms with E-state index in [0.29, 0.717) is 0 Å². The molecule has 0 amide bonds. The molecule has 0 saturated heterocycles. The van der Waals surface area contributed by atoms with Crippen LogP contribution in [-0.4, -0.2) is 20.2 Å². The van der Waals surface area contributed by atoms with Gasteiger partial charge in [0.05, 0.1) is 12.2 Å². The van der Waals surface area contributed by atoms with Gasteiger partial charge in [-0.25, -0.2) is 4.68 Å². The molecule has 0 unspecified atom stereocenters. The first-order valence-corrected chi connectivity index (χ1v) is 7.29. The average Bonchev–Trinajstić information content (AvgIpc) is 3.08. The van der Waals surface area contributed by atoms with E-state index in [1.54, 1.807) is 22.3 Å². The Morgan fingerprint density at radius 2 is 2.26 bits per heavy atom. The number of thiophene rings is 1. The number of tetrazole rings is 1. The van der Waals surface area contributed by atoms with Crippen molar-refractivity contribution in [2.24, 2.45) is 0 Å². The van der Waals surface area contributed by atoms with E-state index in [9.17, 15) is 0 Å². The third kappa shape index (κ3) is 2.82. The van der Waals surface area contributed by atoms with Gasteiger partial charge < -0.3 is 5.32 Å². The highest BCUT2D eigenvalue weighted by atomic mass is 79.9. The highest BCUT2D eigenvalue weighted by molar-refractivity contribution is 9.10. The second kappa shape index (κ2) is 5.50. The smallest absolute Gasteiger partial charge is 0.143 e. The van der Waals surface area contributed by atoms with Gasteiger partial charge in [-0.2, -0.15) is 0 Å². The third-order valence-corrected chi connectivity index (χ3v) is 4.53. The Bertz CT molecular complexity index is 664. The molecule has 0 aliphatic rings. The summed E-state index contributed by atoms with van der Waals surface area (Å²) in [5.41, 5.74) is 1.97. The molecule has 0 radical (unpaired) electrons. The molecule has 0 bridgehead atoms. The van der Waals surface area contributed by atoms with E-state index in [1.807, 2.05) is 24.3 Å². The molecule has 1 N–H and O–H groups in total. The van der Waals surface area contributed by atoms with Gasteiger partial charge in [-0.15, -0.1) is 16.4 Å². The van der Waals surface area contributed by atoms with Crippen LogP contribution in [0.2, 0.25) is 0 Å². The van der Waals surface area contributed by atoms with E-state index in [2.05, 4.69) is 48.2 Å². The van der Waals surface area contributed by atoms with Crippen LogP contribution in [0, 0.1) is 0 Å². The van der Waals surface area contributed by atoms with Crippen LogP contribution in [0.5, 0.6) is 0 Å². The summed E-state index contributed by atoms with van der Waals surface area (Å²) in [5.74, 6) is 0. The van der Waals surface area contributed by atoms with Crippen molar-refractivity contribution in [3.8, 4) is 5.69 Å². The van der Waals surface area contributed by atoms with Crippen LogP contribution in [0.25, 0.3) is 5.69 Å². The second-order valence-electron chi connectivity index (χ2n) is 3.85. The highest BCUT2D eigenvalue weighted by Crippen LogP contribution is 2.24. The van der Waals surface area contributed by atoms with Crippen molar-refractivity contribution in [1.82, 2.24) is 20.2 Å². The predicted octanol–water partition coefficient (Wildman–Crippen LogP) is 3.10. The molecule has 0 spiro atoms. The van der Waals surface area contributed by atoms with E-state index < -0.39 is 0 Å². The molecule has 5 nitrogen and oxygen atoms in total. The number of benzene rings is 1. The van der Waals surface area contributed by atoms with Gasteiger partial charge in [-0.3, -0.25) is 0 Å². The normalized spacial score (nSPS) is 10.6. The average molecular weight is 336 g/mol. The van der Waals surface area contributed by atoms with Crippen molar-refractivity contribution in [3.05, 3.63) is 51.4 Å². The summed E-state index contributed by atoms with van der Waals surface area (Å²) in [5, 5.41) is 16.6. The monoisotopic (exact) mass is 335 g/mol.